The Morgan fingerprint density at radius 1 is 1.35 bits per heavy atom. The number of hydrogen-bond acceptors (Lipinski definition) is 2. The molecule has 0 bridgehead atoms. The first-order chi connectivity index (χ1) is 8.00. The lowest BCUT2D eigenvalue weighted by atomic mass is 10.0. The van der Waals surface area contributed by atoms with E-state index in [-0.39, 0.29) is 5.78 Å². The van der Waals surface area contributed by atoms with E-state index in [0.717, 1.165) is 11.1 Å². The van der Waals surface area contributed by atoms with Crippen LogP contribution in [0.15, 0.2) is 24.4 Å². The maximum absolute atomic E-state index is 12.3. The Balaban J connectivity index is 2.51. The molecule has 0 N–H and O–H groups in total. The van der Waals surface area contributed by atoms with Gasteiger partial charge in [-0.2, -0.15) is 5.10 Å². The molecule has 0 fully saturated rings. The highest BCUT2D eigenvalue weighted by molar-refractivity contribution is 6.34. The van der Waals surface area contributed by atoms with Gasteiger partial charge in [0.15, 0.2) is 0 Å². The lowest BCUT2D eigenvalue weighted by Crippen LogP contribution is -2.10. The predicted octanol–water partition coefficient (Wildman–Crippen LogP) is 2.92. The summed E-state index contributed by atoms with van der Waals surface area (Å²) in [6, 6.07) is 5.73. The zero-order chi connectivity index (χ0) is 12.6. The van der Waals surface area contributed by atoms with E-state index in [2.05, 4.69) is 5.10 Å². The third kappa shape index (κ3) is 2.11. The number of halogens is 1. The molecule has 1 heterocycles. The summed E-state index contributed by atoms with van der Waals surface area (Å²) in [7, 11) is 1.71. The van der Waals surface area contributed by atoms with Gasteiger partial charge in [-0.05, 0) is 19.4 Å². The van der Waals surface area contributed by atoms with Gasteiger partial charge in [-0.25, -0.2) is 0 Å². The summed E-state index contributed by atoms with van der Waals surface area (Å²) in [5.74, 6) is -0.0903. The van der Waals surface area contributed by atoms with Gasteiger partial charge in [0, 0.05) is 12.6 Å². The van der Waals surface area contributed by atoms with Crippen molar-refractivity contribution in [1.29, 1.82) is 0 Å². The molecule has 0 unspecified atom stereocenters. The highest BCUT2D eigenvalue weighted by Crippen LogP contribution is 2.20. The van der Waals surface area contributed by atoms with Gasteiger partial charge < -0.3 is 0 Å². The molecule has 88 valence electrons. The standard InChI is InChI=1S/C13H13ClN2O/c1-8-4-5-10(9(2)6-8)13(17)12-11(14)7-15-16(12)3/h4-7H,1-3H3. The van der Waals surface area contributed by atoms with E-state index in [1.54, 1.807) is 7.05 Å². The van der Waals surface area contributed by atoms with E-state index in [4.69, 9.17) is 11.6 Å². The molecule has 0 atom stereocenters. The minimum absolute atomic E-state index is 0.0903. The minimum Gasteiger partial charge on any atom is -0.287 e. The number of nitrogens with zero attached hydrogens (tertiary/aromatic N) is 2. The smallest absolute Gasteiger partial charge is 0.212 e. The SMILES string of the molecule is Cc1ccc(C(=O)c2c(Cl)cnn2C)c(C)c1. The Morgan fingerprint density at radius 2 is 2.06 bits per heavy atom. The van der Waals surface area contributed by atoms with Gasteiger partial charge in [-0.15, -0.1) is 0 Å². The van der Waals surface area contributed by atoms with E-state index in [1.165, 1.54) is 10.9 Å². The molecule has 4 heteroatoms. The molecule has 2 aromatic rings. The lowest BCUT2D eigenvalue weighted by molar-refractivity contribution is 0.103. The third-order valence-electron chi connectivity index (χ3n) is 2.74. The summed E-state index contributed by atoms with van der Waals surface area (Å²) in [5.41, 5.74) is 3.18. The summed E-state index contributed by atoms with van der Waals surface area (Å²) in [6.45, 7) is 3.92. The first kappa shape index (κ1) is 11.9. The first-order valence-corrected chi connectivity index (χ1v) is 5.68. The normalized spacial score (nSPS) is 10.6. The number of rotatable bonds is 2. The predicted molar refractivity (Wildman–Crippen MR) is 67.6 cm³/mol. The van der Waals surface area contributed by atoms with Crippen molar-refractivity contribution in [3.63, 3.8) is 0 Å². The average Bonchev–Trinajstić information content (AvgIpc) is 2.58. The maximum Gasteiger partial charge on any atom is 0.212 e. The molecule has 0 aliphatic carbocycles. The number of hydrogen-bond donors (Lipinski definition) is 0. The monoisotopic (exact) mass is 248 g/mol. The van der Waals surface area contributed by atoms with Crippen LogP contribution in [0.25, 0.3) is 0 Å². The van der Waals surface area contributed by atoms with E-state index < -0.39 is 0 Å². The average molecular weight is 249 g/mol. The number of benzene rings is 1. The Labute approximate surface area is 105 Å². The third-order valence-corrected chi connectivity index (χ3v) is 3.01. The van der Waals surface area contributed by atoms with Crippen LogP contribution in [0.1, 0.15) is 27.2 Å². The maximum atomic E-state index is 12.3. The van der Waals surface area contributed by atoms with Crippen LogP contribution < -0.4 is 0 Å². The number of ketones is 1. The minimum atomic E-state index is -0.0903. The van der Waals surface area contributed by atoms with Crippen LogP contribution >= 0.6 is 11.6 Å². The molecule has 0 saturated carbocycles. The molecular formula is C13H13ClN2O. The van der Waals surface area contributed by atoms with Crippen LogP contribution in [-0.2, 0) is 7.05 Å². The van der Waals surface area contributed by atoms with Crippen molar-refractivity contribution in [3.8, 4) is 0 Å². The second-order valence-electron chi connectivity index (χ2n) is 4.11. The van der Waals surface area contributed by atoms with Crippen LogP contribution in [0.5, 0.6) is 0 Å². The van der Waals surface area contributed by atoms with Crippen molar-refractivity contribution >= 4 is 17.4 Å². The fourth-order valence-electron chi connectivity index (χ4n) is 1.86. The second kappa shape index (κ2) is 4.34. The van der Waals surface area contributed by atoms with Crippen molar-refractivity contribution < 1.29 is 4.79 Å². The zero-order valence-electron chi connectivity index (χ0n) is 9.99. The van der Waals surface area contributed by atoms with Gasteiger partial charge in [0.05, 0.1) is 11.2 Å². The number of carbonyl (C=O) groups is 1. The van der Waals surface area contributed by atoms with Gasteiger partial charge >= 0.3 is 0 Å². The van der Waals surface area contributed by atoms with Crippen LogP contribution in [0, 0.1) is 13.8 Å². The largest absolute Gasteiger partial charge is 0.287 e. The Morgan fingerprint density at radius 3 is 2.59 bits per heavy atom. The van der Waals surface area contributed by atoms with Crippen molar-refractivity contribution in [2.24, 2.45) is 7.05 Å². The van der Waals surface area contributed by atoms with Gasteiger partial charge in [-0.1, -0.05) is 35.4 Å². The molecule has 1 aromatic carbocycles. The van der Waals surface area contributed by atoms with E-state index >= 15 is 0 Å². The number of carbonyl (C=O) groups excluding carboxylic acids is 1. The Bertz CT molecular complexity index is 568. The van der Waals surface area contributed by atoms with E-state index in [0.29, 0.717) is 16.3 Å². The van der Waals surface area contributed by atoms with Crippen molar-refractivity contribution in [2.75, 3.05) is 0 Å². The molecule has 0 spiro atoms. The molecule has 1 aromatic heterocycles. The Kier molecular flexibility index (Phi) is 3.03. The van der Waals surface area contributed by atoms with Crippen LogP contribution in [0.2, 0.25) is 5.02 Å². The van der Waals surface area contributed by atoms with Crippen LogP contribution in [-0.4, -0.2) is 15.6 Å². The molecule has 0 radical (unpaired) electrons. The number of aromatic nitrogens is 2. The lowest BCUT2D eigenvalue weighted by Gasteiger charge is -2.06. The molecule has 0 aliphatic rings. The molecule has 17 heavy (non-hydrogen) atoms. The summed E-state index contributed by atoms with van der Waals surface area (Å²) in [5, 5.41) is 4.36. The molecule has 0 amide bonds. The summed E-state index contributed by atoms with van der Waals surface area (Å²) in [4.78, 5) is 12.3. The van der Waals surface area contributed by atoms with Crippen LogP contribution in [0.4, 0.5) is 0 Å². The van der Waals surface area contributed by atoms with Gasteiger partial charge in [-0.3, -0.25) is 9.48 Å². The fraction of sp³-hybridized carbons (Fsp3) is 0.231. The van der Waals surface area contributed by atoms with E-state index in [9.17, 15) is 4.79 Å². The van der Waals surface area contributed by atoms with Gasteiger partial charge in [0.2, 0.25) is 5.78 Å². The number of aryl methyl sites for hydroxylation is 3. The van der Waals surface area contributed by atoms with Crippen molar-refractivity contribution in [3.05, 3.63) is 51.8 Å². The summed E-state index contributed by atoms with van der Waals surface area (Å²) in [6.07, 6.45) is 1.48. The van der Waals surface area contributed by atoms with E-state index in [1.807, 2.05) is 32.0 Å². The van der Waals surface area contributed by atoms with Crippen molar-refractivity contribution in [1.82, 2.24) is 9.78 Å². The highest BCUT2D eigenvalue weighted by atomic mass is 35.5. The molecule has 0 saturated heterocycles. The molecule has 2 rings (SSSR count). The highest BCUT2D eigenvalue weighted by Gasteiger charge is 2.18. The quantitative estimate of drug-likeness (QED) is 0.766. The molecule has 3 nitrogen and oxygen atoms in total. The van der Waals surface area contributed by atoms with Gasteiger partial charge in [0.1, 0.15) is 5.69 Å². The van der Waals surface area contributed by atoms with Crippen LogP contribution in [0.3, 0.4) is 0 Å². The summed E-state index contributed by atoms with van der Waals surface area (Å²) >= 11 is 5.97. The second-order valence-corrected chi connectivity index (χ2v) is 4.52. The molecule has 0 aliphatic heterocycles. The first-order valence-electron chi connectivity index (χ1n) is 5.30. The Hall–Kier alpha value is -1.61. The fourth-order valence-corrected chi connectivity index (χ4v) is 2.11. The molecular weight excluding hydrogens is 236 g/mol. The van der Waals surface area contributed by atoms with Gasteiger partial charge in [0.25, 0.3) is 0 Å². The summed E-state index contributed by atoms with van der Waals surface area (Å²) < 4.78 is 1.50. The van der Waals surface area contributed by atoms with Crippen molar-refractivity contribution in [2.45, 2.75) is 13.8 Å². The topological polar surface area (TPSA) is 34.9 Å². The zero-order valence-corrected chi connectivity index (χ0v) is 10.7.